The Labute approximate surface area is 128 Å². The van der Waals surface area contributed by atoms with E-state index < -0.39 is 0 Å². The molecule has 1 aromatic heterocycles. The van der Waals surface area contributed by atoms with E-state index in [1.807, 2.05) is 0 Å². The first kappa shape index (κ1) is 14.8. The molecule has 0 bridgehead atoms. The largest absolute Gasteiger partial charge is 0.354 e. The van der Waals surface area contributed by atoms with Crippen LogP contribution in [0.4, 0.5) is 5.82 Å². The van der Waals surface area contributed by atoms with Gasteiger partial charge in [0.05, 0.1) is 0 Å². The lowest BCUT2D eigenvalue weighted by atomic mass is 9.96. The van der Waals surface area contributed by atoms with E-state index in [0.29, 0.717) is 6.04 Å². The maximum atomic E-state index is 4.75. The molecular weight excluding hydrogens is 260 g/mol. The molecule has 3 heterocycles. The molecule has 1 atom stereocenters. The van der Waals surface area contributed by atoms with Gasteiger partial charge in [0.15, 0.2) is 0 Å². The molecular formula is C17H28N4. The van der Waals surface area contributed by atoms with Gasteiger partial charge >= 0.3 is 0 Å². The Morgan fingerprint density at radius 2 is 1.90 bits per heavy atom. The Morgan fingerprint density at radius 3 is 2.57 bits per heavy atom. The van der Waals surface area contributed by atoms with Crippen LogP contribution in [0.2, 0.25) is 0 Å². The predicted octanol–water partition coefficient (Wildman–Crippen LogP) is 2.38. The highest BCUT2D eigenvalue weighted by molar-refractivity contribution is 5.40. The van der Waals surface area contributed by atoms with Crippen molar-refractivity contribution in [2.45, 2.75) is 32.2 Å². The molecule has 1 aromatic rings. The van der Waals surface area contributed by atoms with Crippen LogP contribution in [0.1, 0.15) is 37.8 Å². The van der Waals surface area contributed by atoms with Crippen molar-refractivity contribution in [3.63, 3.8) is 0 Å². The Kier molecular flexibility index (Phi) is 4.76. The molecule has 21 heavy (non-hydrogen) atoms. The van der Waals surface area contributed by atoms with Crippen molar-refractivity contribution in [1.29, 1.82) is 0 Å². The van der Waals surface area contributed by atoms with Gasteiger partial charge < -0.3 is 9.80 Å². The van der Waals surface area contributed by atoms with E-state index in [1.54, 1.807) is 0 Å². The van der Waals surface area contributed by atoms with Crippen LogP contribution in [-0.2, 0) is 0 Å². The molecule has 116 valence electrons. The summed E-state index contributed by atoms with van der Waals surface area (Å²) in [5, 5.41) is 0. The second kappa shape index (κ2) is 6.75. The fourth-order valence-corrected chi connectivity index (χ4v) is 3.56. The van der Waals surface area contributed by atoms with Gasteiger partial charge in [-0.1, -0.05) is 19.4 Å². The van der Waals surface area contributed by atoms with Crippen LogP contribution in [0.15, 0.2) is 18.3 Å². The average Bonchev–Trinajstić information content (AvgIpc) is 2.56. The molecule has 0 aromatic carbocycles. The van der Waals surface area contributed by atoms with Crippen LogP contribution >= 0.6 is 0 Å². The Bertz CT molecular complexity index is 437. The number of hydrogen-bond donors (Lipinski definition) is 0. The van der Waals surface area contributed by atoms with E-state index in [2.05, 4.69) is 47.0 Å². The number of anilines is 1. The van der Waals surface area contributed by atoms with Gasteiger partial charge in [0.25, 0.3) is 0 Å². The van der Waals surface area contributed by atoms with Gasteiger partial charge in [-0.25, -0.2) is 4.98 Å². The predicted molar refractivity (Wildman–Crippen MR) is 87.8 cm³/mol. The molecule has 0 radical (unpaired) electrons. The number of likely N-dealkylation sites (tertiary alicyclic amines) is 1. The number of nitrogens with zero attached hydrogens (tertiary/aromatic N) is 4. The maximum absolute atomic E-state index is 4.75. The number of piperazine rings is 1. The van der Waals surface area contributed by atoms with E-state index in [4.69, 9.17) is 4.98 Å². The number of aromatic nitrogens is 1. The Hall–Kier alpha value is -1.13. The summed E-state index contributed by atoms with van der Waals surface area (Å²) in [6, 6.07) is 5.11. The van der Waals surface area contributed by atoms with Crippen molar-refractivity contribution >= 4 is 5.82 Å². The fourth-order valence-electron chi connectivity index (χ4n) is 3.56. The molecule has 2 aliphatic rings. The summed E-state index contributed by atoms with van der Waals surface area (Å²) < 4.78 is 0. The highest BCUT2D eigenvalue weighted by Crippen LogP contribution is 2.30. The first-order valence-corrected chi connectivity index (χ1v) is 8.41. The average molecular weight is 288 g/mol. The van der Waals surface area contributed by atoms with Crippen LogP contribution in [0, 0.1) is 0 Å². The quantitative estimate of drug-likeness (QED) is 0.851. The third-order valence-corrected chi connectivity index (χ3v) is 5.00. The van der Waals surface area contributed by atoms with Gasteiger partial charge in [-0.05, 0) is 44.6 Å². The van der Waals surface area contributed by atoms with Crippen molar-refractivity contribution in [3.05, 3.63) is 23.9 Å². The molecule has 2 saturated heterocycles. The molecule has 2 fully saturated rings. The van der Waals surface area contributed by atoms with Crippen LogP contribution < -0.4 is 4.90 Å². The van der Waals surface area contributed by atoms with Crippen molar-refractivity contribution in [2.24, 2.45) is 0 Å². The van der Waals surface area contributed by atoms with Crippen LogP contribution in [0.25, 0.3) is 0 Å². The first-order valence-electron chi connectivity index (χ1n) is 8.41. The Morgan fingerprint density at radius 1 is 1.10 bits per heavy atom. The maximum Gasteiger partial charge on any atom is 0.128 e. The Balaban J connectivity index is 1.68. The van der Waals surface area contributed by atoms with Gasteiger partial charge in [0.2, 0.25) is 0 Å². The molecule has 0 spiro atoms. The second-order valence-corrected chi connectivity index (χ2v) is 6.38. The number of pyridine rings is 1. The van der Waals surface area contributed by atoms with Crippen molar-refractivity contribution in [1.82, 2.24) is 14.8 Å². The summed E-state index contributed by atoms with van der Waals surface area (Å²) in [4.78, 5) is 12.1. The molecule has 0 amide bonds. The van der Waals surface area contributed by atoms with Gasteiger partial charge in [-0.2, -0.15) is 0 Å². The number of likely N-dealkylation sites (N-methyl/N-ethyl adjacent to an activating group) is 1. The zero-order valence-corrected chi connectivity index (χ0v) is 13.5. The zero-order valence-electron chi connectivity index (χ0n) is 13.5. The topological polar surface area (TPSA) is 22.6 Å². The van der Waals surface area contributed by atoms with E-state index in [9.17, 15) is 0 Å². The number of piperidine rings is 1. The minimum Gasteiger partial charge on any atom is -0.354 e. The third-order valence-electron chi connectivity index (χ3n) is 5.00. The lowest BCUT2D eigenvalue weighted by Crippen LogP contribution is -2.44. The standard InChI is InChI=1S/C17H28N4/c1-3-20-9-5-4-6-16(20)15-7-8-17(18-14-15)21-12-10-19(2)11-13-21/h7-8,14,16H,3-6,9-13H2,1-2H3/t16-/m1/s1. The smallest absolute Gasteiger partial charge is 0.128 e. The summed E-state index contributed by atoms with van der Waals surface area (Å²) in [5.74, 6) is 1.14. The van der Waals surface area contributed by atoms with Gasteiger partial charge in [0, 0.05) is 38.4 Å². The summed E-state index contributed by atoms with van der Waals surface area (Å²) in [6.45, 7) is 9.10. The highest BCUT2D eigenvalue weighted by Gasteiger charge is 2.23. The van der Waals surface area contributed by atoms with E-state index in [0.717, 1.165) is 38.5 Å². The first-order chi connectivity index (χ1) is 10.3. The molecule has 4 nitrogen and oxygen atoms in total. The molecule has 3 rings (SSSR count). The molecule has 2 aliphatic heterocycles. The summed E-state index contributed by atoms with van der Waals surface area (Å²) in [5.41, 5.74) is 1.40. The van der Waals surface area contributed by atoms with Crippen molar-refractivity contribution < 1.29 is 0 Å². The highest BCUT2D eigenvalue weighted by atomic mass is 15.3. The lowest BCUT2D eigenvalue weighted by Gasteiger charge is -2.36. The SMILES string of the molecule is CCN1CCCC[C@@H]1c1ccc(N2CCN(C)CC2)nc1. The number of rotatable bonds is 3. The minimum absolute atomic E-state index is 0.581. The van der Waals surface area contributed by atoms with Gasteiger partial charge in [0.1, 0.15) is 5.82 Å². The van der Waals surface area contributed by atoms with Crippen molar-refractivity contribution in [3.8, 4) is 0 Å². The normalized spacial score (nSPS) is 25.2. The van der Waals surface area contributed by atoms with Gasteiger partial charge in [-0.3, -0.25) is 4.90 Å². The molecule has 4 heteroatoms. The molecule has 0 aliphatic carbocycles. The molecule has 0 unspecified atom stereocenters. The second-order valence-electron chi connectivity index (χ2n) is 6.38. The van der Waals surface area contributed by atoms with Gasteiger partial charge in [-0.15, -0.1) is 0 Å². The molecule has 0 N–H and O–H groups in total. The number of hydrogen-bond acceptors (Lipinski definition) is 4. The third kappa shape index (κ3) is 3.38. The summed E-state index contributed by atoms with van der Waals surface area (Å²) >= 11 is 0. The lowest BCUT2D eigenvalue weighted by molar-refractivity contribution is 0.157. The van der Waals surface area contributed by atoms with E-state index in [1.165, 1.54) is 31.4 Å². The minimum atomic E-state index is 0.581. The fraction of sp³-hybridized carbons (Fsp3) is 0.706. The summed E-state index contributed by atoms with van der Waals surface area (Å²) in [7, 11) is 2.19. The van der Waals surface area contributed by atoms with Crippen LogP contribution in [0.3, 0.4) is 0 Å². The molecule has 0 saturated carbocycles. The monoisotopic (exact) mass is 288 g/mol. The van der Waals surface area contributed by atoms with Crippen LogP contribution in [0.5, 0.6) is 0 Å². The van der Waals surface area contributed by atoms with E-state index in [-0.39, 0.29) is 0 Å². The van der Waals surface area contributed by atoms with Crippen molar-refractivity contribution in [2.75, 3.05) is 51.2 Å². The summed E-state index contributed by atoms with van der Waals surface area (Å²) in [6.07, 6.45) is 6.09. The van der Waals surface area contributed by atoms with E-state index >= 15 is 0 Å². The van der Waals surface area contributed by atoms with Crippen LogP contribution in [-0.4, -0.2) is 61.1 Å². The zero-order chi connectivity index (χ0) is 14.7.